The first-order chi connectivity index (χ1) is 26.0. The van der Waals surface area contributed by atoms with Crippen molar-refractivity contribution in [2.45, 2.75) is 96.7 Å². The summed E-state index contributed by atoms with van der Waals surface area (Å²) < 4.78 is 8.73. The van der Waals surface area contributed by atoms with Crippen LogP contribution in [-0.4, -0.2) is 45.5 Å². The van der Waals surface area contributed by atoms with Crippen LogP contribution in [0.3, 0.4) is 0 Å². The summed E-state index contributed by atoms with van der Waals surface area (Å²) in [6.45, 7) is 11.8. The monoisotopic (exact) mass is 726 g/mol. The quantitative estimate of drug-likeness (QED) is 0.126. The number of para-hydroxylation sites is 1. The minimum Gasteiger partial charge on any atom is -0.457 e. The number of imidazole rings is 1. The van der Waals surface area contributed by atoms with Crippen molar-refractivity contribution in [2.75, 3.05) is 18.4 Å². The molecule has 1 aromatic heterocycles. The van der Waals surface area contributed by atoms with Crippen molar-refractivity contribution in [3.8, 4) is 22.9 Å². The van der Waals surface area contributed by atoms with Crippen LogP contribution in [0.1, 0.15) is 88.4 Å². The van der Waals surface area contributed by atoms with E-state index in [0.717, 1.165) is 58.0 Å². The Hall–Kier alpha value is -5.15. The maximum absolute atomic E-state index is 13.2. The summed E-state index contributed by atoms with van der Waals surface area (Å²) in [7, 11) is 0. The maximum atomic E-state index is 13.2. The van der Waals surface area contributed by atoms with E-state index in [-0.39, 0.29) is 11.8 Å². The summed E-state index contributed by atoms with van der Waals surface area (Å²) in [6.07, 6.45) is 7.44. The third-order valence-corrected chi connectivity index (χ3v) is 11.3. The average Bonchev–Trinajstić information content (AvgIpc) is 3.52. The predicted octanol–water partition coefficient (Wildman–Crippen LogP) is 9.49. The van der Waals surface area contributed by atoms with Crippen LogP contribution in [0.4, 0.5) is 10.5 Å². The maximum Gasteiger partial charge on any atom is 0.319 e. The summed E-state index contributed by atoms with van der Waals surface area (Å²) in [4.78, 5) is 33.4. The van der Waals surface area contributed by atoms with E-state index in [1.54, 1.807) is 0 Å². The number of hydrogen-bond donors (Lipinski definition) is 3. The highest BCUT2D eigenvalue weighted by Crippen LogP contribution is 2.36. The number of ether oxygens (including phenoxy) is 1. The second-order valence-electron chi connectivity index (χ2n) is 16.2. The minimum absolute atomic E-state index is 0.0457. The first-order valence-electron chi connectivity index (χ1n) is 19.6. The Kier molecular flexibility index (Phi) is 11.1. The Morgan fingerprint density at radius 2 is 1.70 bits per heavy atom. The molecule has 282 valence electrons. The van der Waals surface area contributed by atoms with Crippen LogP contribution in [-0.2, 0) is 16.8 Å². The molecule has 3 heterocycles. The zero-order valence-corrected chi connectivity index (χ0v) is 32.1. The van der Waals surface area contributed by atoms with Crippen molar-refractivity contribution in [3.05, 3.63) is 108 Å². The molecule has 5 aromatic rings. The Morgan fingerprint density at radius 3 is 2.48 bits per heavy atom. The number of carbonyl (C=O) groups is 2. The molecule has 0 radical (unpaired) electrons. The zero-order valence-electron chi connectivity index (χ0n) is 32.1. The Labute approximate surface area is 319 Å². The van der Waals surface area contributed by atoms with Gasteiger partial charge in [-0.2, -0.15) is 0 Å². The number of aromatic nitrogens is 2. The van der Waals surface area contributed by atoms with Gasteiger partial charge < -0.3 is 30.6 Å². The highest BCUT2D eigenvalue weighted by molar-refractivity contribution is 5.91. The van der Waals surface area contributed by atoms with Gasteiger partial charge in [-0.05, 0) is 123 Å². The summed E-state index contributed by atoms with van der Waals surface area (Å²) in [6, 6.07) is 29.7. The van der Waals surface area contributed by atoms with Crippen molar-refractivity contribution >= 4 is 28.7 Å². The molecule has 0 spiro atoms. The molecular weight excluding hydrogens is 673 g/mol. The molecule has 0 aliphatic carbocycles. The van der Waals surface area contributed by atoms with E-state index in [2.05, 4.69) is 71.2 Å². The fourth-order valence-corrected chi connectivity index (χ4v) is 8.36. The number of fused-ring (bicyclic) bond motifs is 2. The minimum atomic E-state index is -0.634. The van der Waals surface area contributed by atoms with E-state index in [1.807, 2.05) is 67.6 Å². The number of rotatable bonds is 11. The second kappa shape index (κ2) is 16.1. The van der Waals surface area contributed by atoms with Gasteiger partial charge in [0, 0.05) is 23.8 Å². The Bertz CT molecular complexity index is 2100. The van der Waals surface area contributed by atoms with Crippen LogP contribution in [0.2, 0.25) is 0 Å². The van der Waals surface area contributed by atoms with Crippen molar-refractivity contribution in [1.82, 2.24) is 19.8 Å². The highest BCUT2D eigenvalue weighted by Gasteiger charge is 2.33. The fourth-order valence-electron chi connectivity index (χ4n) is 8.36. The first-order valence-corrected chi connectivity index (χ1v) is 19.6. The number of primary amides is 1. The van der Waals surface area contributed by atoms with Gasteiger partial charge >= 0.3 is 6.03 Å². The number of amides is 3. The normalized spacial score (nSPS) is 18.1. The molecule has 3 atom stereocenters. The number of piperidine rings is 2. The first kappa shape index (κ1) is 37.2. The largest absolute Gasteiger partial charge is 0.457 e. The number of urea groups is 1. The van der Waals surface area contributed by atoms with Crippen LogP contribution in [0.15, 0.2) is 91.0 Å². The molecule has 2 saturated heterocycles. The number of hydrogen-bond acceptors (Lipinski definition) is 5. The van der Waals surface area contributed by atoms with Gasteiger partial charge in [0.2, 0.25) is 5.91 Å². The lowest BCUT2D eigenvalue weighted by Crippen LogP contribution is -2.48. The van der Waals surface area contributed by atoms with Gasteiger partial charge in [-0.15, -0.1) is 0 Å². The molecule has 2 aliphatic rings. The van der Waals surface area contributed by atoms with Gasteiger partial charge in [-0.1, -0.05) is 75.7 Å². The zero-order chi connectivity index (χ0) is 37.8. The van der Waals surface area contributed by atoms with Crippen LogP contribution >= 0.6 is 0 Å². The number of anilines is 1. The van der Waals surface area contributed by atoms with Gasteiger partial charge in [0.25, 0.3) is 0 Å². The lowest BCUT2D eigenvalue weighted by atomic mass is 9.81. The summed E-state index contributed by atoms with van der Waals surface area (Å²) in [5, 5.41) is 5.91. The number of aryl methyl sites for hydroxylation is 2. The molecule has 7 rings (SSSR count). The molecule has 3 amide bonds. The van der Waals surface area contributed by atoms with Crippen LogP contribution in [0.5, 0.6) is 11.5 Å². The molecule has 54 heavy (non-hydrogen) atoms. The standard InChI is InChI=1S/C45H54N6O3/c1-30-11-5-6-15-37(30)48-44(53)49-38(29-42(46)52)32-17-22-41-39(28-32)47-43(51(41)26-23-31-13-10-25-50-24-8-7-16-40(31)50)33-12-9-14-36(27-33)54-35-20-18-34(19-21-35)45(2,3)4/h5-6,9,11-12,14-15,17-22,27-28,31,38,40H,7-8,10,13,16,23-26,29H2,1-4H3,(H2,46,52)(H2,48,49,53)/t31-,38?,40+/m0/s1. The third kappa shape index (κ3) is 8.63. The molecule has 9 nitrogen and oxygen atoms in total. The van der Waals surface area contributed by atoms with Crippen LogP contribution < -0.4 is 21.1 Å². The van der Waals surface area contributed by atoms with Gasteiger partial charge in [-0.3, -0.25) is 4.79 Å². The molecule has 0 bridgehead atoms. The molecular formula is C45H54N6O3. The van der Waals surface area contributed by atoms with E-state index in [4.69, 9.17) is 15.5 Å². The molecule has 4 aromatic carbocycles. The summed E-state index contributed by atoms with van der Waals surface area (Å²) >= 11 is 0. The van der Waals surface area contributed by atoms with E-state index >= 15 is 0 Å². The number of benzene rings is 4. The summed E-state index contributed by atoms with van der Waals surface area (Å²) in [5.74, 6) is 2.53. The SMILES string of the molecule is Cc1ccccc1NC(=O)NC(CC(N)=O)c1ccc2c(c1)nc(-c1cccc(Oc3ccc(C(C)(C)C)cc3)c1)n2CC[C@@H]1CCCN2CCCC[C@H]12. The van der Waals surface area contributed by atoms with Gasteiger partial charge in [-0.25, -0.2) is 9.78 Å². The van der Waals surface area contributed by atoms with Crippen molar-refractivity contribution in [2.24, 2.45) is 11.7 Å². The molecule has 0 saturated carbocycles. The molecule has 4 N–H and O–H groups in total. The summed E-state index contributed by atoms with van der Waals surface area (Å²) in [5.41, 5.74) is 12.2. The predicted molar refractivity (Wildman–Crippen MR) is 217 cm³/mol. The van der Waals surface area contributed by atoms with E-state index < -0.39 is 18.0 Å². The average molecular weight is 727 g/mol. The number of carbonyl (C=O) groups excluding carboxylic acids is 2. The topological polar surface area (TPSA) is 115 Å². The number of nitrogens with one attached hydrogen (secondary N) is 2. The molecule has 9 heteroatoms. The Balaban J connectivity index is 1.20. The Morgan fingerprint density at radius 1 is 0.907 bits per heavy atom. The van der Waals surface area contributed by atoms with E-state index in [9.17, 15) is 9.59 Å². The van der Waals surface area contributed by atoms with Crippen molar-refractivity contribution < 1.29 is 14.3 Å². The molecule has 2 fully saturated rings. The third-order valence-electron chi connectivity index (χ3n) is 11.3. The lowest BCUT2D eigenvalue weighted by Gasteiger charge is -2.44. The van der Waals surface area contributed by atoms with Crippen LogP contribution in [0.25, 0.3) is 22.4 Å². The van der Waals surface area contributed by atoms with Gasteiger partial charge in [0.05, 0.1) is 23.5 Å². The van der Waals surface area contributed by atoms with E-state index in [1.165, 1.54) is 50.8 Å². The van der Waals surface area contributed by atoms with E-state index in [0.29, 0.717) is 17.6 Å². The fraction of sp³-hybridized carbons (Fsp3) is 0.400. The van der Waals surface area contributed by atoms with Gasteiger partial charge in [0.1, 0.15) is 17.3 Å². The molecule has 1 unspecified atom stereocenters. The molecule has 2 aliphatic heterocycles. The van der Waals surface area contributed by atoms with Crippen molar-refractivity contribution in [1.29, 1.82) is 0 Å². The number of nitrogens with two attached hydrogens (primary N) is 1. The lowest BCUT2D eigenvalue weighted by molar-refractivity contribution is -0.118. The second-order valence-corrected chi connectivity index (χ2v) is 16.2. The smallest absolute Gasteiger partial charge is 0.319 e. The highest BCUT2D eigenvalue weighted by atomic mass is 16.5. The van der Waals surface area contributed by atoms with Crippen molar-refractivity contribution in [3.63, 3.8) is 0 Å². The number of nitrogens with zero attached hydrogens (tertiary/aromatic N) is 3. The van der Waals surface area contributed by atoms with Gasteiger partial charge in [0.15, 0.2) is 0 Å². The van der Waals surface area contributed by atoms with Crippen LogP contribution in [0, 0.1) is 12.8 Å².